The summed E-state index contributed by atoms with van der Waals surface area (Å²) in [6.07, 6.45) is 0. The van der Waals surface area contributed by atoms with Gasteiger partial charge >= 0.3 is 5.97 Å². The zero-order valence-electron chi connectivity index (χ0n) is 13.8. The third-order valence-electron chi connectivity index (χ3n) is 3.89. The van der Waals surface area contributed by atoms with Gasteiger partial charge in [0.2, 0.25) is 0 Å². The highest BCUT2D eigenvalue weighted by molar-refractivity contribution is 7.80. The number of nitrogens with zero attached hydrogens (tertiary/aromatic N) is 2. The minimum atomic E-state index is -0.380. The molecule has 6 heteroatoms. The van der Waals surface area contributed by atoms with Gasteiger partial charge in [-0.05, 0) is 49.0 Å². The summed E-state index contributed by atoms with van der Waals surface area (Å²) in [4.78, 5) is 27.5. The van der Waals surface area contributed by atoms with Gasteiger partial charge in [0.1, 0.15) is 6.54 Å². The van der Waals surface area contributed by atoms with Crippen LogP contribution in [0.3, 0.4) is 0 Å². The van der Waals surface area contributed by atoms with Crippen LogP contribution >= 0.6 is 12.2 Å². The molecule has 0 aromatic heterocycles. The van der Waals surface area contributed by atoms with E-state index in [-0.39, 0.29) is 18.4 Å². The molecule has 1 fully saturated rings. The van der Waals surface area contributed by atoms with Crippen LogP contribution in [-0.2, 0) is 16.1 Å². The molecule has 1 aliphatic rings. The number of anilines is 1. The highest BCUT2D eigenvalue weighted by Gasteiger charge is 2.33. The molecule has 25 heavy (non-hydrogen) atoms. The van der Waals surface area contributed by atoms with Crippen LogP contribution < -0.4 is 4.90 Å². The van der Waals surface area contributed by atoms with E-state index in [9.17, 15) is 9.59 Å². The number of benzene rings is 2. The molecule has 128 valence electrons. The quantitative estimate of drug-likeness (QED) is 0.610. The van der Waals surface area contributed by atoms with Crippen molar-refractivity contribution in [3.63, 3.8) is 0 Å². The van der Waals surface area contributed by atoms with Crippen molar-refractivity contribution in [2.75, 3.05) is 18.1 Å². The van der Waals surface area contributed by atoms with Gasteiger partial charge in [0.05, 0.1) is 17.9 Å². The third kappa shape index (κ3) is 3.69. The molecular formula is C19H18N2O3S. The Balaban J connectivity index is 1.75. The summed E-state index contributed by atoms with van der Waals surface area (Å²) in [5.41, 5.74) is 2.19. The van der Waals surface area contributed by atoms with Crippen LogP contribution in [0.5, 0.6) is 0 Å². The molecular weight excluding hydrogens is 336 g/mol. The van der Waals surface area contributed by atoms with Crippen molar-refractivity contribution in [2.45, 2.75) is 13.5 Å². The molecule has 1 heterocycles. The van der Waals surface area contributed by atoms with Crippen LogP contribution in [-0.4, -0.2) is 35.0 Å². The van der Waals surface area contributed by atoms with Gasteiger partial charge in [0.25, 0.3) is 5.91 Å². The minimum absolute atomic E-state index is 0.0789. The summed E-state index contributed by atoms with van der Waals surface area (Å²) in [7, 11) is 0. The molecule has 2 aromatic rings. The van der Waals surface area contributed by atoms with E-state index in [1.807, 2.05) is 35.2 Å². The number of hydrogen-bond donors (Lipinski definition) is 0. The van der Waals surface area contributed by atoms with Crippen LogP contribution in [0, 0.1) is 0 Å². The molecule has 0 radical (unpaired) electrons. The van der Waals surface area contributed by atoms with Crippen molar-refractivity contribution >= 4 is 34.9 Å². The Hall–Kier alpha value is -2.73. The predicted octanol–water partition coefficient (Wildman–Crippen LogP) is 3.00. The largest absolute Gasteiger partial charge is 0.462 e. The van der Waals surface area contributed by atoms with E-state index in [4.69, 9.17) is 17.0 Å². The maximum atomic E-state index is 12.4. The SMILES string of the molecule is CCOC(=O)c1ccc(N2C(=O)CN(Cc3ccccc3)C2=S)cc1. The van der Waals surface area contributed by atoms with Gasteiger partial charge in [-0.25, -0.2) is 4.79 Å². The van der Waals surface area contributed by atoms with Crippen molar-refractivity contribution in [3.05, 3.63) is 65.7 Å². The first kappa shape index (κ1) is 17.1. The molecule has 0 unspecified atom stereocenters. The van der Waals surface area contributed by atoms with Crippen molar-refractivity contribution in [1.82, 2.24) is 4.90 Å². The molecule has 1 amide bonds. The number of esters is 1. The number of ether oxygens (including phenoxy) is 1. The van der Waals surface area contributed by atoms with Crippen LogP contribution in [0.1, 0.15) is 22.8 Å². The van der Waals surface area contributed by atoms with Crippen molar-refractivity contribution < 1.29 is 14.3 Å². The normalized spacial score (nSPS) is 14.1. The van der Waals surface area contributed by atoms with Crippen LogP contribution in [0.4, 0.5) is 5.69 Å². The second kappa shape index (κ2) is 7.44. The van der Waals surface area contributed by atoms with E-state index < -0.39 is 0 Å². The topological polar surface area (TPSA) is 49.9 Å². The fourth-order valence-electron chi connectivity index (χ4n) is 2.69. The van der Waals surface area contributed by atoms with Gasteiger partial charge in [0, 0.05) is 6.54 Å². The summed E-state index contributed by atoms with van der Waals surface area (Å²) in [6, 6.07) is 16.6. The number of thiocarbonyl (C=S) groups is 1. The Kier molecular flexibility index (Phi) is 5.09. The number of rotatable bonds is 5. The first-order valence-electron chi connectivity index (χ1n) is 8.03. The standard InChI is InChI=1S/C19H18N2O3S/c1-2-24-18(23)15-8-10-16(11-9-15)21-17(22)13-20(19(21)25)12-14-6-4-3-5-7-14/h3-11H,2,12-13H2,1H3. The minimum Gasteiger partial charge on any atom is -0.462 e. The molecule has 0 N–H and O–H groups in total. The molecule has 3 rings (SSSR count). The summed E-state index contributed by atoms with van der Waals surface area (Å²) < 4.78 is 4.97. The lowest BCUT2D eigenvalue weighted by Crippen LogP contribution is -2.32. The summed E-state index contributed by atoms with van der Waals surface area (Å²) in [6.45, 7) is 2.91. The first-order valence-corrected chi connectivity index (χ1v) is 8.44. The van der Waals surface area contributed by atoms with Gasteiger partial charge in [-0.3, -0.25) is 9.69 Å². The van der Waals surface area contributed by atoms with Gasteiger partial charge in [-0.15, -0.1) is 0 Å². The smallest absolute Gasteiger partial charge is 0.338 e. The van der Waals surface area contributed by atoms with E-state index in [0.717, 1.165) is 5.56 Å². The maximum Gasteiger partial charge on any atom is 0.338 e. The monoisotopic (exact) mass is 354 g/mol. The molecule has 0 bridgehead atoms. The fourth-order valence-corrected chi connectivity index (χ4v) is 3.03. The Bertz CT molecular complexity index is 790. The lowest BCUT2D eigenvalue weighted by atomic mass is 10.2. The van der Waals surface area contributed by atoms with Crippen molar-refractivity contribution in [2.24, 2.45) is 0 Å². The molecule has 0 spiro atoms. The Labute approximate surface area is 151 Å². The van der Waals surface area contributed by atoms with Gasteiger partial charge in [0.15, 0.2) is 5.11 Å². The van der Waals surface area contributed by atoms with Crippen molar-refractivity contribution in [1.29, 1.82) is 0 Å². The predicted molar refractivity (Wildman–Crippen MR) is 99.3 cm³/mol. The number of carbonyl (C=O) groups excluding carboxylic acids is 2. The molecule has 0 aliphatic carbocycles. The van der Waals surface area contributed by atoms with Crippen molar-refractivity contribution in [3.8, 4) is 0 Å². The zero-order valence-corrected chi connectivity index (χ0v) is 14.7. The second-order valence-electron chi connectivity index (χ2n) is 5.62. The lowest BCUT2D eigenvalue weighted by Gasteiger charge is -2.20. The fraction of sp³-hybridized carbons (Fsp3) is 0.211. The lowest BCUT2D eigenvalue weighted by molar-refractivity contribution is -0.116. The number of carbonyl (C=O) groups is 2. The summed E-state index contributed by atoms with van der Waals surface area (Å²) in [5.74, 6) is -0.458. The molecule has 1 aliphatic heterocycles. The average Bonchev–Trinajstić information content (AvgIpc) is 2.90. The van der Waals surface area contributed by atoms with E-state index in [2.05, 4.69) is 0 Å². The highest BCUT2D eigenvalue weighted by atomic mass is 32.1. The number of amides is 1. The number of hydrogen-bond acceptors (Lipinski definition) is 4. The summed E-state index contributed by atoms with van der Waals surface area (Å²) >= 11 is 5.49. The molecule has 0 saturated carbocycles. The van der Waals surface area contributed by atoms with E-state index in [1.54, 1.807) is 31.2 Å². The van der Waals surface area contributed by atoms with Gasteiger partial charge in [-0.1, -0.05) is 30.3 Å². The molecule has 1 saturated heterocycles. The van der Waals surface area contributed by atoms with Crippen LogP contribution in [0.15, 0.2) is 54.6 Å². The zero-order chi connectivity index (χ0) is 17.8. The molecule has 5 nitrogen and oxygen atoms in total. The Morgan fingerprint density at radius 1 is 1.12 bits per heavy atom. The van der Waals surface area contributed by atoms with Crippen LogP contribution in [0.25, 0.3) is 0 Å². The Morgan fingerprint density at radius 2 is 1.80 bits per heavy atom. The van der Waals surface area contributed by atoms with E-state index >= 15 is 0 Å². The van der Waals surface area contributed by atoms with Gasteiger partial charge in [-0.2, -0.15) is 0 Å². The van der Waals surface area contributed by atoms with E-state index in [0.29, 0.717) is 29.5 Å². The van der Waals surface area contributed by atoms with Crippen LogP contribution in [0.2, 0.25) is 0 Å². The molecule has 0 atom stereocenters. The average molecular weight is 354 g/mol. The second-order valence-corrected chi connectivity index (χ2v) is 5.99. The first-order chi connectivity index (χ1) is 12.1. The molecule has 2 aromatic carbocycles. The summed E-state index contributed by atoms with van der Waals surface area (Å²) in [5, 5.41) is 0.470. The van der Waals surface area contributed by atoms with E-state index in [1.165, 1.54) is 4.90 Å². The third-order valence-corrected chi connectivity index (χ3v) is 4.33. The maximum absolute atomic E-state index is 12.4. The van der Waals surface area contributed by atoms with Gasteiger partial charge < -0.3 is 9.64 Å². The Morgan fingerprint density at radius 3 is 2.44 bits per heavy atom. The highest BCUT2D eigenvalue weighted by Crippen LogP contribution is 2.23.